The fourth-order valence-electron chi connectivity index (χ4n) is 1.57. The van der Waals surface area contributed by atoms with Crippen LogP contribution >= 0.6 is 0 Å². The topological polar surface area (TPSA) is 66.9 Å². The van der Waals surface area contributed by atoms with Gasteiger partial charge in [-0.25, -0.2) is 4.98 Å². The van der Waals surface area contributed by atoms with Crippen LogP contribution < -0.4 is 10.6 Å². The van der Waals surface area contributed by atoms with E-state index in [0.29, 0.717) is 17.1 Å². The Hall–Kier alpha value is -2.43. The van der Waals surface area contributed by atoms with Crippen molar-refractivity contribution in [1.29, 1.82) is 0 Å². The molecule has 5 heteroatoms. The Kier molecular flexibility index (Phi) is 3.52. The quantitative estimate of drug-likeness (QED) is 0.864. The molecule has 5 nitrogen and oxygen atoms in total. The second-order valence-corrected chi connectivity index (χ2v) is 3.83. The number of nitrogens with zero attached hydrogens (tertiary/aromatic N) is 2. The van der Waals surface area contributed by atoms with Gasteiger partial charge in [0.05, 0.1) is 11.9 Å². The van der Waals surface area contributed by atoms with Crippen molar-refractivity contribution in [3.8, 4) is 0 Å². The molecule has 0 aromatic carbocycles. The van der Waals surface area contributed by atoms with Crippen molar-refractivity contribution in [3.05, 3.63) is 47.9 Å². The van der Waals surface area contributed by atoms with Gasteiger partial charge in [0.1, 0.15) is 5.82 Å². The number of hydrogen-bond acceptors (Lipinski definition) is 4. The number of anilines is 2. The zero-order valence-corrected chi connectivity index (χ0v) is 10.3. The number of carbonyl (C=O) groups is 1. The normalized spacial score (nSPS) is 9.89. The number of rotatable bonds is 3. The number of aryl methyl sites for hydroxylation is 1. The molecule has 2 N–H and O–H groups in total. The van der Waals surface area contributed by atoms with Gasteiger partial charge >= 0.3 is 0 Å². The van der Waals surface area contributed by atoms with Gasteiger partial charge in [-0.3, -0.25) is 9.78 Å². The first-order valence-corrected chi connectivity index (χ1v) is 5.57. The molecular formula is C13H14N4O. The van der Waals surface area contributed by atoms with Crippen molar-refractivity contribution in [3.63, 3.8) is 0 Å². The number of pyridine rings is 2. The molecule has 0 aliphatic carbocycles. The molecule has 0 bridgehead atoms. The highest BCUT2D eigenvalue weighted by Gasteiger charge is 2.08. The molecule has 0 fully saturated rings. The van der Waals surface area contributed by atoms with Crippen LogP contribution in [0.1, 0.15) is 16.1 Å². The van der Waals surface area contributed by atoms with Crippen LogP contribution in [0.4, 0.5) is 11.5 Å². The van der Waals surface area contributed by atoms with E-state index >= 15 is 0 Å². The summed E-state index contributed by atoms with van der Waals surface area (Å²) in [6.07, 6.45) is 3.26. The molecule has 1 amide bonds. The summed E-state index contributed by atoms with van der Waals surface area (Å²) in [5.74, 6) is 0.497. The van der Waals surface area contributed by atoms with E-state index in [1.807, 2.05) is 6.92 Å². The SMILES string of the molecule is CNc1cc(C(=O)Nc2cccnc2)cc(C)n1. The van der Waals surface area contributed by atoms with Crippen molar-refractivity contribution >= 4 is 17.4 Å². The molecule has 0 saturated heterocycles. The third-order valence-corrected chi connectivity index (χ3v) is 2.39. The molecule has 2 heterocycles. The van der Waals surface area contributed by atoms with Crippen LogP contribution in [-0.4, -0.2) is 22.9 Å². The van der Waals surface area contributed by atoms with Gasteiger partial charge in [-0.2, -0.15) is 0 Å². The number of carbonyl (C=O) groups excluding carboxylic acids is 1. The van der Waals surface area contributed by atoms with E-state index in [0.717, 1.165) is 5.69 Å². The Balaban J connectivity index is 2.21. The van der Waals surface area contributed by atoms with Gasteiger partial charge in [0.25, 0.3) is 5.91 Å². The van der Waals surface area contributed by atoms with Gasteiger partial charge < -0.3 is 10.6 Å². The highest BCUT2D eigenvalue weighted by molar-refractivity contribution is 6.04. The lowest BCUT2D eigenvalue weighted by atomic mass is 10.2. The highest BCUT2D eigenvalue weighted by atomic mass is 16.1. The zero-order chi connectivity index (χ0) is 13.0. The lowest BCUT2D eigenvalue weighted by Gasteiger charge is -2.07. The van der Waals surface area contributed by atoms with Crippen molar-refractivity contribution in [2.75, 3.05) is 17.7 Å². The first-order valence-electron chi connectivity index (χ1n) is 5.57. The summed E-state index contributed by atoms with van der Waals surface area (Å²) < 4.78 is 0. The van der Waals surface area contributed by atoms with E-state index in [2.05, 4.69) is 20.6 Å². The Morgan fingerprint density at radius 2 is 2.17 bits per heavy atom. The zero-order valence-electron chi connectivity index (χ0n) is 10.3. The molecule has 2 aromatic heterocycles. The molecule has 2 rings (SSSR count). The van der Waals surface area contributed by atoms with Gasteiger partial charge in [-0.15, -0.1) is 0 Å². The van der Waals surface area contributed by atoms with Crippen LogP contribution in [0.3, 0.4) is 0 Å². The number of hydrogen-bond donors (Lipinski definition) is 2. The lowest BCUT2D eigenvalue weighted by molar-refractivity contribution is 0.102. The van der Waals surface area contributed by atoms with E-state index in [1.165, 1.54) is 0 Å². The Morgan fingerprint density at radius 1 is 1.33 bits per heavy atom. The molecule has 92 valence electrons. The Morgan fingerprint density at radius 3 is 2.83 bits per heavy atom. The largest absolute Gasteiger partial charge is 0.373 e. The van der Waals surface area contributed by atoms with Crippen LogP contribution in [0, 0.1) is 6.92 Å². The molecule has 0 radical (unpaired) electrons. The van der Waals surface area contributed by atoms with Crippen molar-refractivity contribution in [2.24, 2.45) is 0 Å². The predicted molar refractivity (Wildman–Crippen MR) is 70.7 cm³/mol. The Labute approximate surface area is 105 Å². The van der Waals surface area contributed by atoms with E-state index in [-0.39, 0.29) is 5.91 Å². The van der Waals surface area contributed by atoms with Crippen molar-refractivity contribution in [2.45, 2.75) is 6.92 Å². The van der Waals surface area contributed by atoms with E-state index in [4.69, 9.17) is 0 Å². The number of aromatic nitrogens is 2. The van der Waals surface area contributed by atoms with E-state index < -0.39 is 0 Å². The van der Waals surface area contributed by atoms with Gasteiger partial charge in [0.2, 0.25) is 0 Å². The molecule has 0 atom stereocenters. The monoisotopic (exact) mass is 242 g/mol. The predicted octanol–water partition coefficient (Wildman–Crippen LogP) is 2.08. The summed E-state index contributed by atoms with van der Waals surface area (Å²) in [6, 6.07) is 7.01. The summed E-state index contributed by atoms with van der Waals surface area (Å²) in [7, 11) is 1.77. The number of amides is 1. The molecule has 18 heavy (non-hydrogen) atoms. The van der Waals surface area contributed by atoms with Gasteiger partial charge in [-0.1, -0.05) is 0 Å². The standard InChI is InChI=1S/C13H14N4O/c1-9-6-10(7-12(14-2)16-9)13(18)17-11-4-3-5-15-8-11/h3-8H,1-2H3,(H,14,16)(H,17,18). The minimum atomic E-state index is -0.176. The van der Waals surface area contributed by atoms with Crippen LogP contribution in [0.2, 0.25) is 0 Å². The minimum absolute atomic E-state index is 0.176. The summed E-state index contributed by atoms with van der Waals surface area (Å²) in [5.41, 5.74) is 2.02. The fraction of sp³-hybridized carbons (Fsp3) is 0.154. The minimum Gasteiger partial charge on any atom is -0.373 e. The maximum absolute atomic E-state index is 12.0. The highest BCUT2D eigenvalue weighted by Crippen LogP contribution is 2.12. The van der Waals surface area contributed by atoms with Crippen LogP contribution in [0.15, 0.2) is 36.7 Å². The molecule has 0 aliphatic rings. The number of nitrogens with one attached hydrogen (secondary N) is 2. The van der Waals surface area contributed by atoms with Gasteiger partial charge in [0.15, 0.2) is 0 Å². The first-order chi connectivity index (χ1) is 8.69. The molecule has 0 aliphatic heterocycles. The smallest absolute Gasteiger partial charge is 0.255 e. The van der Waals surface area contributed by atoms with Gasteiger partial charge in [0, 0.05) is 24.5 Å². The fourth-order valence-corrected chi connectivity index (χ4v) is 1.57. The summed E-state index contributed by atoms with van der Waals surface area (Å²) in [5, 5.41) is 5.70. The van der Waals surface area contributed by atoms with Crippen molar-refractivity contribution < 1.29 is 4.79 Å². The molecule has 0 saturated carbocycles. The van der Waals surface area contributed by atoms with Crippen LogP contribution in [0.5, 0.6) is 0 Å². The summed E-state index contributed by atoms with van der Waals surface area (Å²) in [4.78, 5) is 20.2. The van der Waals surface area contributed by atoms with Crippen molar-refractivity contribution in [1.82, 2.24) is 9.97 Å². The molecular weight excluding hydrogens is 228 g/mol. The average molecular weight is 242 g/mol. The summed E-state index contributed by atoms with van der Waals surface area (Å²) >= 11 is 0. The van der Waals surface area contributed by atoms with Gasteiger partial charge in [-0.05, 0) is 31.2 Å². The third kappa shape index (κ3) is 2.82. The van der Waals surface area contributed by atoms with Crippen LogP contribution in [-0.2, 0) is 0 Å². The molecule has 0 spiro atoms. The second kappa shape index (κ2) is 5.27. The lowest BCUT2D eigenvalue weighted by Crippen LogP contribution is -2.13. The maximum Gasteiger partial charge on any atom is 0.255 e. The Bertz CT molecular complexity index is 554. The van der Waals surface area contributed by atoms with Crippen LogP contribution in [0.25, 0.3) is 0 Å². The first kappa shape index (κ1) is 12.0. The second-order valence-electron chi connectivity index (χ2n) is 3.83. The summed E-state index contributed by atoms with van der Waals surface area (Å²) in [6.45, 7) is 1.85. The van der Waals surface area contributed by atoms with E-state index in [9.17, 15) is 4.79 Å². The molecule has 2 aromatic rings. The van der Waals surface area contributed by atoms with E-state index in [1.54, 1.807) is 43.7 Å². The molecule has 0 unspecified atom stereocenters. The maximum atomic E-state index is 12.0. The third-order valence-electron chi connectivity index (χ3n) is 2.39. The average Bonchev–Trinajstić information content (AvgIpc) is 2.39.